The quantitative estimate of drug-likeness (QED) is 0.519. The van der Waals surface area contributed by atoms with E-state index >= 15 is 0 Å². The van der Waals surface area contributed by atoms with Crippen LogP contribution in [0.1, 0.15) is 41.4 Å². The zero-order valence-electron chi connectivity index (χ0n) is 15.0. The normalized spacial score (nSPS) is 14.8. The molecule has 142 valence electrons. The molecule has 7 heteroatoms. The molecule has 0 bridgehead atoms. The van der Waals surface area contributed by atoms with Gasteiger partial charge >= 0.3 is 171 Å². The zero-order valence-corrected chi connectivity index (χ0v) is 17.9. The van der Waals surface area contributed by atoms with Gasteiger partial charge in [0.1, 0.15) is 0 Å². The molecule has 1 aliphatic heterocycles. The van der Waals surface area contributed by atoms with E-state index in [1.807, 2.05) is 0 Å². The molecule has 0 aliphatic carbocycles. The van der Waals surface area contributed by atoms with Crippen LogP contribution in [0.25, 0.3) is 0 Å². The molecule has 0 N–H and O–H groups in total. The second-order valence-corrected chi connectivity index (χ2v) is 13.6. The number of rotatable bonds is 4. The molecule has 1 heterocycles. The van der Waals surface area contributed by atoms with Crippen molar-refractivity contribution in [3.63, 3.8) is 0 Å². The van der Waals surface area contributed by atoms with Gasteiger partial charge in [-0.1, -0.05) is 0 Å². The van der Waals surface area contributed by atoms with E-state index in [0.717, 1.165) is 0 Å². The van der Waals surface area contributed by atoms with Crippen LogP contribution in [0.2, 0.25) is 0 Å². The second kappa shape index (κ2) is 7.63. The Morgan fingerprint density at radius 3 is 1.28 bits per heavy atom. The summed E-state index contributed by atoms with van der Waals surface area (Å²) in [6, 6.07) is 21.8. The zero-order chi connectivity index (χ0) is 20.4. The van der Waals surface area contributed by atoms with Gasteiger partial charge < -0.3 is 0 Å². The van der Waals surface area contributed by atoms with Crippen LogP contribution in [0.4, 0.5) is 0 Å². The Balaban J connectivity index is 1.90. The van der Waals surface area contributed by atoms with Crippen LogP contribution in [0.15, 0.2) is 84.9 Å². The standard InChI is InChI=1S/C8H6O4.2C7H5O.Sn/c9-7(10)5-3-1-2-4-6(5)8(11)12;2*8-6-7-4-2-1-3-5-7;/h1-4H,(H,9,10)(H,11,12);2*1-5H;/q;;;+2/p-2. The molecular formula is C22H14O6Sn. The second-order valence-electron chi connectivity index (χ2n) is 6.33. The van der Waals surface area contributed by atoms with Crippen molar-refractivity contribution in [2.24, 2.45) is 0 Å². The van der Waals surface area contributed by atoms with Crippen molar-refractivity contribution in [3.05, 3.63) is 107 Å². The van der Waals surface area contributed by atoms with Crippen molar-refractivity contribution in [1.82, 2.24) is 0 Å². The summed E-state index contributed by atoms with van der Waals surface area (Å²) in [7, 11) is 0. The molecule has 0 saturated heterocycles. The Labute approximate surface area is 171 Å². The first-order chi connectivity index (χ1) is 14.0. The summed E-state index contributed by atoms with van der Waals surface area (Å²) in [5.41, 5.74) is 0.244. The van der Waals surface area contributed by atoms with E-state index in [1.54, 1.807) is 48.5 Å². The average molecular weight is 493 g/mol. The maximum absolute atomic E-state index is 13.4. The van der Waals surface area contributed by atoms with E-state index in [1.165, 1.54) is 36.4 Å². The minimum atomic E-state index is -5.72. The number of benzene rings is 3. The van der Waals surface area contributed by atoms with Crippen molar-refractivity contribution in [2.75, 3.05) is 0 Å². The third kappa shape index (κ3) is 3.36. The van der Waals surface area contributed by atoms with Gasteiger partial charge in [-0.05, 0) is 0 Å². The molecular weight excluding hydrogens is 479 g/mol. The van der Waals surface area contributed by atoms with Crippen molar-refractivity contribution >= 4 is 38.7 Å². The summed E-state index contributed by atoms with van der Waals surface area (Å²) in [6.07, 6.45) is 0. The van der Waals surface area contributed by atoms with Gasteiger partial charge in [-0.3, -0.25) is 0 Å². The molecule has 4 rings (SSSR count). The van der Waals surface area contributed by atoms with Crippen LogP contribution in [-0.4, -0.2) is 38.7 Å². The Kier molecular flexibility index (Phi) is 5.02. The summed E-state index contributed by atoms with van der Waals surface area (Å²) in [5, 5.41) is 0. The first-order valence-electron chi connectivity index (χ1n) is 8.78. The van der Waals surface area contributed by atoms with E-state index in [4.69, 9.17) is 6.15 Å². The van der Waals surface area contributed by atoms with Gasteiger partial charge in [0.25, 0.3) is 0 Å². The number of hydrogen-bond acceptors (Lipinski definition) is 6. The van der Waals surface area contributed by atoms with E-state index in [2.05, 4.69) is 0 Å². The van der Waals surface area contributed by atoms with Crippen molar-refractivity contribution in [2.45, 2.75) is 0 Å². The van der Waals surface area contributed by atoms with E-state index < -0.39 is 38.7 Å². The molecule has 29 heavy (non-hydrogen) atoms. The molecule has 0 unspecified atom stereocenters. The fourth-order valence-corrected chi connectivity index (χ4v) is 10.1. The van der Waals surface area contributed by atoms with Crippen molar-refractivity contribution in [3.8, 4) is 0 Å². The van der Waals surface area contributed by atoms with Crippen LogP contribution < -0.4 is 0 Å². The molecule has 0 fully saturated rings. The summed E-state index contributed by atoms with van der Waals surface area (Å²) < 4.78 is 9.65. The average Bonchev–Trinajstić information content (AvgIpc) is 2.89. The van der Waals surface area contributed by atoms with Gasteiger partial charge in [0.15, 0.2) is 0 Å². The maximum atomic E-state index is 13.4. The molecule has 6 nitrogen and oxygen atoms in total. The molecule has 1 aliphatic rings. The van der Waals surface area contributed by atoms with Crippen LogP contribution >= 0.6 is 0 Å². The van der Waals surface area contributed by atoms with E-state index in [0.29, 0.717) is 0 Å². The van der Waals surface area contributed by atoms with E-state index in [9.17, 15) is 19.2 Å². The predicted octanol–water partition coefficient (Wildman–Crippen LogP) is 3.30. The Hall–Kier alpha value is -3.26. The molecule has 0 saturated carbocycles. The van der Waals surface area contributed by atoms with Gasteiger partial charge in [-0.15, -0.1) is 0 Å². The fourth-order valence-electron chi connectivity index (χ4n) is 3.08. The van der Waals surface area contributed by atoms with E-state index in [-0.39, 0.29) is 22.3 Å². The molecule has 0 amide bonds. The van der Waals surface area contributed by atoms with Crippen LogP contribution in [0.3, 0.4) is 0 Å². The molecule has 0 atom stereocenters. The Bertz CT molecular complexity index is 1030. The van der Waals surface area contributed by atoms with Gasteiger partial charge in [0.05, 0.1) is 0 Å². The number of hydrogen-bond donors (Lipinski definition) is 0. The van der Waals surface area contributed by atoms with Gasteiger partial charge in [0, 0.05) is 0 Å². The number of carbonyl (C=O) groups excluding carboxylic acids is 4. The molecule has 0 spiro atoms. The fraction of sp³-hybridized carbons (Fsp3) is 0. The predicted molar refractivity (Wildman–Crippen MR) is 105 cm³/mol. The molecule has 3 aromatic carbocycles. The molecule has 3 aromatic rings. The summed E-state index contributed by atoms with van der Waals surface area (Å²) in [5.74, 6) is -1.81. The summed E-state index contributed by atoms with van der Waals surface area (Å²) >= 11 is -5.72. The Morgan fingerprint density at radius 1 is 0.552 bits per heavy atom. The van der Waals surface area contributed by atoms with Crippen LogP contribution in [0.5, 0.6) is 0 Å². The van der Waals surface area contributed by atoms with Gasteiger partial charge in [-0.2, -0.15) is 0 Å². The molecule has 0 aromatic heterocycles. The topological polar surface area (TPSA) is 86.7 Å². The minimum absolute atomic E-state index is 0.0298. The van der Waals surface area contributed by atoms with Gasteiger partial charge in [-0.25, -0.2) is 0 Å². The summed E-state index contributed by atoms with van der Waals surface area (Å²) in [6.45, 7) is 0. The first-order valence-corrected chi connectivity index (χ1v) is 14.0. The van der Waals surface area contributed by atoms with Crippen LogP contribution in [0, 0.1) is 0 Å². The molecule has 0 radical (unpaired) electrons. The van der Waals surface area contributed by atoms with Crippen molar-refractivity contribution in [1.29, 1.82) is 0 Å². The van der Waals surface area contributed by atoms with Gasteiger partial charge in [0.2, 0.25) is 0 Å². The number of carbonyl (C=O) groups is 4. The third-order valence-corrected chi connectivity index (χ3v) is 12.3. The monoisotopic (exact) mass is 494 g/mol. The first kappa shape index (κ1) is 19.1. The number of fused-ring (bicyclic) bond motifs is 1. The SMILES string of the molecule is O=C1[O][Sn]([C](=O)c2ccccc2)([C](=O)c2ccccc2)[O]C(=O)c2ccccc21. The van der Waals surface area contributed by atoms with Crippen LogP contribution in [-0.2, 0) is 6.15 Å². The van der Waals surface area contributed by atoms with Crippen molar-refractivity contribution < 1.29 is 25.3 Å². The summed E-state index contributed by atoms with van der Waals surface area (Å²) in [4.78, 5) is 52.6. The third-order valence-electron chi connectivity index (χ3n) is 4.51. The Morgan fingerprint density at radius 2 is 0.897 bits per heavy atom.